The molecule has 1 aromatic rings. The average Bonchev–Trinajstić information content (AvgIpc) is 2.64. The summed E-state index contributed by atoms with van der Waals surface area (Å²) in [4.78, 5) is 13.7. The van der Waals surface area contributed by atoms with Crippen LogP contribution in [0.1, 0.15) is 60.1 Å². The molecule has 0 saturated heterocycles. The Morgan fingerprint density at radius 1 is 1.31 bits per heavy atom. The number of aryl methyl sites for hydroxylation is 1. The maximum atomic E-state index is 11.4. The predicted molar refractivity (Wildman–Crippen MR) is 75.6 cm³/mol. The van der Waals surface area contributed by atoms with Gasteiger partial charge in [0, 0.05) is 10.3 Å². The Kier molecular flexibility index (Phi) is 4.70. The molecule has 1 atom stereocenters. The van der Waals surface area contributed by atoms with Gasteiger partial charge in [0.15, 0.2) is 5.52 Å². The number of thiophene rings is 1. The Bertz CT molecular complexity index is 369. The molecule has 0 radical (unpaired) electrons. The zero-order chi connectivity index (χ0) is 12.3. The summed E-state index contributed by atoms with van der Waals surface area (Å²) in [5.74, 6) is 0. The van der Waals surface area contributed by atoms with Crippen molar-refractivity contribution in [2.45, 2.75) is 52.4 Å². The molecule has 1 heterocycles. The highest BCUT2D eigenvalue weighted by Gasteiger charge is 2.29. The molecule has 0 aliphatic rings. The van der Waals surface area contributed by atoms with Crippen LogP contribution >= 0.6 is 20.6 Å². The zero-order valence-electron chi connectivity index (χ0n) is 10.6. The van der Waals surface area contributed by atoms with E-state index in [4.69, 9.17) is 0 Å². The van der Waals surface area contributed by atoms with Crippen molar-refractivity contribution in [1.82, 2.24) is 0 Å². The van der Waals surface area contributed by atoms with Crippen LogP contribution in [0.4, 0.5) is 0 Å². The van der Waals surface area contributed by atoms with Gasteiger partial charge in [-0.25, -0.2) is 0 Å². The van der Waals surface area contributed by atoms with E-state index in [1.165, 1.54) is 4.88 Å². The van der Waals surface area contributed by atoms with Gasteiger partial charge in [0.1, 0.15) is 0 Å². The van der Waals surface area contributed by atoms with Gasteiger partial charge in [0.2, 0.25) is 0 Å². The fourth-order valence-electron chi connectivity index (χ4n) is 2.26. The number of rotatable bonds is 5. The third-order valence-electron chi connectivity index (χ3n) is 3.69. The molecule has 0 saturated carbocycles. The normalized spacial score (nSPS) is 11.8. The molecule has 0 aromatic carbocycles. The summed E-state index contributed by atoms with van der Waals surface area (Å²) in [6.45, 7) is 8.75. The van der Waals surface area contributed by atoms with Gasteiger partial charge in [-0.15, -0.1) is 11.3 Å². The highest BCUT2D eigenvalue weighted by atomic mass is 32.1. The van der Waals surface area contributed by atoms with Crippen LogP contribution in [-0.4, -0.2) is 5.52 Å². The molecule has 0 fully saturated rings. The SMILES string of the molecule is CCC(CC)(CC)c1cc(C)c(C(=O)P)s1. The molecular formula is C13H21OPS. The second-order valence-corrected chi connectivity index (χ2v) is 5.90. The molecular weight excluding hydrogens is 235 g/mol. The van der Waals surface area contributed by atoms with Crippen LogP contribution in [0, 0.1) is 6.92 Å². The molecule has 1 rings (SSSR count). The number of carbonyl (C=O) groups excluding carboxylic acids is 1. The van der Waals surface area contributed by atoms with Crippen molar-refractivity contribution in [3.05, 3.63) is 21.4 Å². The molecule has 1 unspecified atom stereocenters. The van der Waals surface area contributed by atoms with E-state index in [2.05, 4.69) is 36.1 Å². The second kappa shape index (κ2) is 5.42. The molecule has 16 heavy (non-hydrogen) atoms. The van der Waals surface area contributed by atoms with Gasteiger partial charge in [0.05, 0.1) is 4.88 Å². The highest BCUT2D eigenvalue weighted by Crippen LogP contribution is 2.40. The molecule has 0 amide bonds. The summed E-state index contributed by atoms with van der Waals surface area (Å²) in [6.07, 6.45) is 3.43. The summed E-state index contributed by atoms with van der Waals surface area (Å²) in [6, 6.07) is 2.21. The van der Waals surface area contributed by atoms with Crippen LogP contribution < -0.4 is 0 Å². The van der Waals surface area contributed by atoms with Gasteiger partial charge in [-0.3, -0.25) is 4.79 Å². The highest BCUT2D eigenvalue weighted by molar-refractivity contribution is 7.43. The number of hydrogen-bond acceptors (Lipinski definition) is 2. The van der Waals surface area contributed by atoms with Gasteiger partial charge in [0.25, 0.3) is 0 Å². The Labute approximate surface area is 105 Å². The fourth-order valence-corrected chi connectivity index (χ4v) is 4.09. The van der Waals surface area contributed by atoms with Crippen LogP contribution in [0.25, 0.3) is 0 Å². The van der Waals surface area contributed by atoms with Gasteiger partial charge in [-0.1, -0.05) is 30.0 Å². The number of hydrogen-bond donors (Lipinski definition) is 0. The van der Waals surface area contributed by atoms with E-state index >= 15 is 0 Å². The average molecular weight is 256 g/mol. The lowest BCUT2D eigenvalue weighted by atomic mass is 9.78. The minimum atomic E-state index is 0.117. The van der Waals surface area contributed by atoms with E-state index in [0.717, 1.165) is 29.7 Å². The van der Waals surface area contributed by atoms with Gasteiger partial charge >= 0.3 is 0 Å². The fraction of sp³-hybridized carbons (Fsp3) is 0.615. The van der Waals surface area contributed by atoms with Crippen LogP contribution in [0.2, 0.25) is 0 Å². The van der Waals surface area contributed by atoms with E-state index in [1.54, 1.807) is 11.3 Å². The monoisotopic (exact) mass is 256 g/mol. The summed E-state index contributed by atoms with van der Waals surface area (Å²) in [5, 5.41) is 0. The van der Waals surface area contributed by atoms with Crippen LogP contribution in [-0.2, 0) is 5.41 Å². The molecule has 90 valence electrons. The minimum absolute atomic E-state index is 0.117. The molecule has 0 N–H and O–H groups in total. The Hall–Kier alpha value is -0.200. The predicted octanol–water partition coefficient (Wildman–Crippen LogP) is 4.54. The van der Waals surface area contributed by atoms with Crippen molar-refractivity contribution in [3.63, 3.8) is 0 Å². The lowest BCUT2D eigenvalue weighted by Crippen LogP contribution is -2.21. The third kappa shape index (κ3) is 2.38. The van der Waals surface area contributed by atoms with E-state index in [1.807, 2.05) is 6.92 Å². The Balaban J connectivity index is 3.22. The molecule has 3 heteroatoms. The second-order valence-electron chi connectivity index (χ2n) is 4.33. The first-order valence-electron chi connectivity index (χ1n) is 5.91. The largest absolute Gasteiger partial charge is 0.289 e. The molecule has 0 bridgehead atoms. The number of carbonyl (C=O) groups is 1. The summed E-state index contributed by atoms with van der Waals surface area (Å²) in [7, 11) is 2.28. The topological polar surface area (TPSA) is 17.1 Å². The molecule has 0 aliphatic heterocycles. The Morgan fingerprint density at radius 2 is 1.81 bits per heavy atom. The molecule has 1 aromatic heterocycles. The molecule has 0 aliphatic carbocycles. The van der Waals surface area contributed by atoms with Crippen LogP contribution in [0.5, 0.6) is 0 Å². The molecule has 1 nitrogen and oxygen atoms in total. The van der Waals surface area contributed by atoms with Crippen molar-refractivity contribution in [3.8, 4) is 0 Å². The Morgan fingerprint density at radius 3 is 2.12 bits per heavy atom. The van der Waals surface area contributed by atoms with Gasteiger partial charge in [-0.2, -0.15) is 0 Å². The molecule has 0 spiro atoms. The van der Waals surface area contributed by atoms with Crippen molar-refractivity contribution in [1.29, 1.82) is 0 Å². The van der Waals surface area contributed by atoms with E-state index in [-0.39, 0.29) is 10.9 Å². The van der Waals surface area contributed by atoms with Crippen LogP contribution in [0.3, 0.4) is 0 Å². The lowest BCUT2D eigenvalue weighted by Gasteiger charge is -2.29. The summed E-state index contributed by atoms with van der Waals surface area (Å²) < 4.78 is 0. The van der Waals surface area contributed by atoms with E-state index in [9.17, 15) is 4.79 Å². The maximum Gasteiger partial charge on any atom is 0.188 e. The van der Waals surface area contributed by atoms with Gasteiger partial charge in [-0.05, 0) is 37.8 Å². The summed E-state index contributed by atoms with van der Waals surface area (Å²) >= 11 is 1.68. The van der Waals surface area contributed by atoms with Crippen molar-refractivity contribution in [2.75, 3.05) is 0 Å². The van der Waals surface area contributed by atoms with E-state index in [0.29, 0.717) is 0 Å². The smallest absolute Gasteiger partial charge is 0.188 e. The van der Waals surface area contributed by atoms with Crippen LogP contribution in [0.15, 0.2) is 6.07 Å². The first-order valence-corrected chi connectivity index (χ1v) is 7.30. The minimum Gasteiger partial charge on any atom is -0.289 e. The van der Waals surface area contributed by atoms with Gasteiger partial charge < -0.3 is 0 Å². The lowest BCUT2D eigenvalue weighted by molar-refractivity contribution is 0.109. The third-order valence-corrected chi connectivity index (χ3v) is 5.69. The maximum absolute atomic E-state index is 11.4. The van der Waals surface area contributed by atoms with Crippen molar-refractivity contribution in [2.24, 2.45) is 0 Å². The quantitative estimate of drug-likeness (QED) is 0.707. The summed E-state index contributed by atoms with van der Waals surface area (Å²) in [5.41, 5.74) is 1.51. The standard InChI is InChI=1S/C13H21OPS/c1-5-13(6-2,7-3)10-8-9(4)11(16-10)12(14)15/h8H,5-7,15H2,1-4H3. The zero-order valence-corrected chi connectivity index (χ0v) is 12.6. The first-order chi connectivity index (χ1) is 7.50. The van der Waals surface area contributed by atoms with Crippen molar-refractivity contribution >= 4 is 26.1 Å². The van der Waals surface area contributed by atoms with Crippen molar-refractivity contribution < 1.29 is 4.79 Å². The van der Waals surface area contributed by atoms with E-state index < -0.39 is 0 Å². The first kappa shape index (κ1) is 13.9.